The lowest BCUT2D eigenvalue weighted by molar-refractivity contribution is 0.101. The van der Waals surface area contributed by atoms with Gasteiger partial charge in [0.15, 0.2) is 5.78 Å². The van der Waals surface area contributed by atoms with Gasteiger partial charge in [0.25, 0.3) is 0 Å². The Balaban J connectivity index is 1.78. The molecule has 4 nitrogen and oxygen atoms in total. The third kappa shape index (κ3) is 2.89. The van der Waals surface area contributed by atoms with Crippen LogP contribution in [0, 0.1) is 0 Å². The van der Waals surface area contributed by atoms with E-state index in [2.05, 4.69) is 4.98 Å². The lowest BCUT2D eigenvalue weighted by Gasteiger charge is -2.04. The number of carbonyl (C=O) groups excluding carboxylic acids is 1. The Labute approximate surface area is 122 Å². The van der Waals surface area contributed by atoms with Gasteiger partial charge < -0.3 is 15.5 Å². The van der Waals surface area contributed by atoms with Crippen molar-refractivity contribution in [2.45, 2.75) is 13.5 Å². The predicted octanol–water partition coefficient (Wildman–Crippen LogP) is 3.53. The summed E-state index contributed by atoms with van der Waals surface area (Å²) in [5.41, 5.74) is 9.02. The molecule has 3 rings (SSSR count). The summed E-state index contributed by atoms with van der Waals surface area (Å²) in [5, 5.41) is 1.01. The van der Waals surface area contributed by atoms with Gasteiger partial charge in [-0.3, -0.25) is 4.79 Å². The van der Waals surface area contributed by atoms with Crippen molar-refractivity contribution in [3.63, 3.8) is 0 Å². The fraction of sp³-hybridized carbons (Fsp3) is 0.118. The summed E-state index contributed by atoms with van der Waals surface area (Å²) in [6.45, 7) is 2.01. The number of hydrogen-bond acceptors (Lipinski definition) is 3. The number of aromatic nitrogens is 1. The predicted molar refractivity (Wildman–Crippen MR) is 83.5 cm³/mol. The van der Waals surface area contributed by atoms with Crippen molar-refractivity contribution in [3.05, 3.63) is 59.8 Å². The van der Waals surface area contributed by atoms with Crippen molar-refractivity contribution in [1.29, 1.82) is 0 Å². The average Bonchev–Trinajstić information content (AvgIpc) is 2.88. The molecule has 1 aromatic heterocycles. The van der Waals surface area contributed by atoms with Crippen molar-refractivity contribution < 1.29 is 9.53 Å². The number of ketones is 1. The number of ether oxygens (including phenoxy) is 1. The van der Waals surface area contributed by atoms with Crippen LogP contribution in [0.5, 0.6) is 5.75 Å². The number of nitrogens with two attached hydrogens (primary N) is 1. The van der Waals surface area contributed by atoms with Crippen LogP contribution in [0.3, 0.4) is 0 Å². The molecule has 0 atom stereocenters. The van der Waals surface area contributed by atoms with Crippen LogP contribution < -0.4 is 10.5 Å². The number of hydrogen-bond donors (Lipinski definition) is 2. The van der Waals surface area contributed by atoms with Gasteiger partial charge >= 0.3 is 0 Å². The molecule has 21 heavy (non-hydrogen) atoms. The van der Waals surface area contributed by atoms with E-state index < -0.39 is 0 Å². The highest BCUT2D eigenvalue weighted by molar-refractivity contribution is 5.98. The van der Waals surface area contributed by atoms with Crippen molar-refractivity contribution in [2.24, 2.45) is 0 Å². The van der Waals surface area contributed by atoms with Crippen molar-refractivity contribution in [1.82, 2.24) is 4.98 Å². The quantitative estimate of drug-likeness (QED) is 0.567. The minimum atomic E-state index is 0.0674. The van der Waals surface area contributed by atoms with Gasteiger partial charge in [0.05, 0.1) is 5.69 Å². The zero-order valence-corrected chi connectivity index (χ0v) is 11.7. The second-order valence-corrected chi connectivity index (χ2v) is 5.01. The molecule has 0 saturated carbocycles. The summed E-state index contributed by atoms with van der Waals surface area (Å²) in [4.78, 5) is 14.7. The van der Waals surface area contributed by atoms with Crippen LogP contribution in [-0.4, -0.2) is 10.8 Å². The number of aromatic amines is 1. The van der Waals surface area contributed by atoms with Crippen LogP contribution in [0.1, 0.15) is 23.0 Å². The van der Waals surface area contributed by atoms with Crippen LogP contribution in [-0.2, 0) is 6.61 Å². The number of nitrogen functional groups attached to an aromatic ring is 1. The number of carbonyl (C=O) groups is 1. The zero-order valence-electron chi connectivity index (χ0n) is 11.7. The van der Waals surface area contributed by atoms with E-state index in [0.29, 0.717) is 17.9 Å². The maximum Gasteiger partial charge on any atom is 0.159 e. The second kappa shape index (κ2) is 5.32. The average molecular weight is 280 g/mol. The zero-order chi connectivity index (χ0) is 14.8. The molecular weight excluding hydrogens is 264 g/mol. The number of nitrogens with one attached hydrogen (secondary N) is 1. The van der Waals surface area contributed by atoms with E-state index in [1.54, 1.807) is 19.1 Å². The van der Waals surface area contributed by atoms with E-state index in [1.807, 2.05) is 36.4 Å². The fourth-order valence-corrected chi connectivity index (χ4v) is 2.21. The smallest absolute Gasteiger partial charge is 0.159 e. The summed E-state index contributed by atoms with van der Waals surface area (Å²) in [5.74, 6) is 0.838. The van der Waals surface area contributed by atoms with E-state index in [9.17, 15) is 4.79 Å². The molecule has 4 heteroatoms. The Morgan fingerprint density at radius 3 is 2.62 bits per heavy atom. The van der Waals surface area contributed by atoms with E-state index in [1.165, 1.54) is 0 Å². The minimum Gasteiger partial charge on any atom is -0.487 e. The maximum atomic E-state index is 11.4. The number of H-pyrrole nitrogens is 1. The van der Waals surface area contributed by atoms with Gasteiger partial charge in [-0.15, -0.1) is 0 Å². The lowest BCUT2D eigenvalue weighted by atomic mass is 10.1. The van der Waals surface area contributed by atoms with E-state index in [-0.39, 0.29) is 5.78 Å². The fourth-order valence-electron chi connectivity index (χ4n) is 2.21. The van der Waals surface area contributed by atoms with Crippen molar-refractivity contribution >= 4 is 22.4 Å². The first-order chi connectivity index (χ1) is 10.1. The van der Waals surface area contributed by atoms with Crippen LogP contribution in [0.2, 0.25) is 0 Å². The van der Waals surface area contributed by atoms with Gasteiger partial charge in [0, 0.05) is 22.2 Å². The first-order valence-corrected chi connectivity index (χ1v) is 6.73. The normalized spacial score (nSPS) is 10.7. The first-order valence-electron chi connectivity index (χ1n) is 6.73. The summed E-state index contributed by atoms with van der Waals surface area (Å²) in [7, 11) is 0. The number of Topliss-reactive ketones (excluding diaryl/α,β-unsaturated/α-hetero) is 1. The van der Waals surface area contributed by atoms with E-state index >= 15 is 0 Å². The summed E-state index contributed by atoms with van der Waals surface area (Å²) in [6.07, 6.45) is 0. The Morgan fingerprint density at radius 1 is 1.14 bits per heavy atom. The van der Waals surface area contributed by atoms with Gasteiger partial charge in [-0.25, -0.2) is 0 Å². The molecule has 0 aliphatic heterocycles. The standard InChI is InChI=1S/C17H16N2O2/c1-11(20)12-2-7-17-13(8-12)9-15(19-17)10-21-16-5-3-14(18)4-6-16/h2-9,19H,10,18H2,1H3. The Bertz CT molecular complexity index is 788. The van der Waals surface area contributed by atoms with Gasteiger partial charge in [-0.05, 0) is 55.5 Å². The molecule has 0 unspecified atom stereocenters. The molecule has 0 spiro atoms. The molecule has 3 aromatic rings. The molecule has 0 bridgehead atoms. The molecule has 0 saturated heterocycles. The van der Waals surface area contributed by atoms with E-state index in [0.717, 1.165) is 22.3 Å². The van der Waals surface area contributed by atoms with Crippen LogP contribution in [0.15, 0.2) is 48.5 Å². The monoisotopic (exact) mass is 280 g/mol. The van der Waals surface area contributed by atoms with Crippen LogP contribution in [0.4, 0.5) is 5.69 Å². The number of rotatable bonds is 4. The first kappa shape index (κ1) is 13.2. The highest BCUT2D eigenvalue weighted by Crippen LogP contribution is 2.20. The number of anilines is 1. The summed E-state index contributed by atoms with van der Waals surface area (Å²) >= 11 is 0. The lowest BCUT2D eigenvalue weighted by Crippen LogP contribution is -1.95. The molecule has 0 aliphatic rings. The third-order valence-corrected chi connectivity index (χ3v) is 3.36. The minimum absolute atomic E-state index is 0.0674. The summed E-state index contributed by atoms with van der Waals surface area (Å²) < 4.78 is 5.70. The van der Waals surface area contributed by atoms with Crippen molar-refractivity contribution in [3.8, 4) is 5.75 Å². The van der Waals surface area contributed by atoms with Gasteiger partial charge in [-0.1, -0.05) is 0 Å². The molecule has 0 fully saturated rings. The highest BCUT2D eigenvalue weighted by Gasteiger charge is 2.05. The van der Waals surface area contributed by atoms with Gasteiger partial charge in [-0.2, -0.15) is 0 Å². The SMILES string of the molecule is CC(=O)c1ccc2[nH]c(COc3ccc(N)cc3)cc2c1. The van der Waals surface area contributed by atoms with E-state index in [4.69, 9.17) is 10.5 Å². The van der Waals surface area contributed by atoms with Crippen molar-refractivity contribution in [2.75, 3.05) is 5.73 Å². The Hall–Kier alpha value is -2.75. The Morgan fingerprint density at radius 2 is 1.90 bits per heavy atom. The number of fused-ring (bicyclic) bond motifs is 1. The Kier molecular flexibility index (Phi) is 3.36. The molecule has 2 aromatic carbocycles. The molecule has 0 radical (unpaired) electrons. The largest absolute Gasteiger partial charge is 0.487 e. The topological polar surface area (TPSA) is 68.1 Å². The third-order valence-electron chi connectivity index (χ3n) is 3.36. The summed E-state index contributed by atoms with van der Waals surface area (Å²) in [6, 6.07) is 14.9. The number of benzene rings is 2. The molecule has 0 aliphatic carbocycles. The molecule has 3 N–H and O–H groups in total. The highest BCUT2D eigenvalue weighted by atomic mass is 16.5. The molecule has 1 heterocycles. The van der Waals surface area contributed by atoms with Crippen LogP contribution >= 0.6 is 0 Å². The maximum absolute atomic E-state index is 11.4. The van der Waals surface area contributed by atoms with Gasteiger partial charge in [0.1, 0.15) is 12.4 Å². The molecular formula is C17H16N2O2. The second-order valence-electron chi connectivity index (χ2n) is 5.01. The van der Waals surface area contributed by atoms with Crippen LogP contribution in [0.25, 0.3) is 10.9 Å². The molecule has 106 valence electrons. The van der Waals surface area contributed by atoms with Gasteiger partial charge in [0.2, 0.25) is 0 Å². The molecule has 0 amide bonds.